The molecule has 2 rings (SSSR count). The molecule has 100 valence electrons. The Morgan fingerprint density at radius 2 is 1.89 bits per heavy atom. The van der Waals surface area contributed by atoms with Crippen molar-refractivity contribution < 1.29 is 0 Å². The molecule has 2 aromatic rings. The minimum absolute atomic E-state index is 0.353. The molecule has 0 aliphatic rings. The van der Waals surface area contributed by atoms with Gasteiger partial charge >= 0.3 is 0 Å². The molecule has 3 N–H and O–H groups in total. The quantitative estimate of drug-likeness (QED) is 0.881. The van der Waals surface area contributed by atoms with Gasteiger partial charge in [0, 0.05) is 12.7 Å². The normalized spacial score (nSPS) is 13.9. The molecule has 4 nitrogen and oxygen atoms in total. The van der Waals surface area contributed by atoms with Crippen molar-refractivity contribution in [3.05, 3.63) is 53.5 Å². The average molecular weight is 256 g/mol. The Morgan fingerprint density at radius 3 is 2.53 bits per heavy atom. The van der Waals surface area contributed by atoms with E-state index in [9.17, 15) is 0 Å². The first-order valence-corrected chi connectivity index (χ1v) is 6.39. The van der Waals surface area contributed by atoms with Gasteiger partial charge in [-0.05, 0) is 26.3 Å². The first-order chi connectivity index (χ1) is 9.05. The fourth-order valence-corrected chi connectivity index (χ4v) is 1.96. The number of rotatable bonds is 4. The number of benzene rings is 1. The van der Waals surface area contributed by atoms with Crippen molar-refractivity contribution in [2.75, 3.05) is 11.9 Å². The van der Waals surface area contributed by atoms with E-state index in [0.717, 1.165) is 22.8 Å². The number of anilines is 1. The number of aromatic nitrogens is 2. The summed E-state index contributed by atoms with van der Waals surface area (Å²) in [6.07, 6.45) is 1.77. The maximum atomic E-state index is 5.96. The van der Waals surface area contributed by atoms with Crippen LogP contribution in [0, 0.1) is 13.8 Å². The number of nitrogens with zero attached hydrogens (tertiary/aromatic N) is 2. The van der Waals surface area contributed by atoms with Crippen molar-refractivity contribution in [1.82, 2.24) is 9.97 Å². The molecule has 0 spiro atoms. The lowest BCUT2D eigenvalue weighted by atomic mass is 9.92. The molecule has 19 heavy (non-hydrogen) atoms. The van der Waals surface area contributed by atoms with E-state index in [1.807, 2.05) is 32.0 Å². The molecule has 0 amide bonds. The largest absolute Gasteiger partial charge is 0.358 e. The van der Waals surface area contributed by atoms with Crippen LogP contribution in [0.2, 0.25) is 0 Å². The van der Waals surface area contributed by atoms with Gasteiger partial charge in [0.25, 0.3) is 0 Å². The van der Waals surface area contributed by atoms with E-state index < -0.39 is 0 Å². The summed E-state index contributed by atoms with van der Waals surface area (Å²) in [4.78, 5) is 8.83. The number of aryl methyl sites for hydroxylation is 2. The van der Waals surface area contributed by atoms with Crippen molar-refractivity contribution in [2.45, 2.75) is 26.3 Å². The van der Waals surface area contributed by atoms with Crippen molar-refractivity contribution in [3.8, 4) is 0 Å². The summed E-state index contributed by atoms with van der Waals surface area (Å²) in [7, 11) is 0. The Morgan fingerprint density at radius 1 is 1.21 bits per heavy atom. The molecule has 0 fully saturated rings. The minimum Gasteiger partial charge on any atom is -0.358 e. The SMILES string of the molecule is Cc1cnc(C)c(NC(C)(CN)c2ccccc2)n1. The van der Waals surface area contributed by atoms with Crippen molar-refractivity contribution in [2.24, 2.45) is 5.73 Å². The van der Waals surface area contributed by atoms with Crippen LogP contribution in [0.3, 0.4) is 0 Å². The molecule has 0 aliphatic heterocycles. The number of nitrogens with two attached hydrogens (primary N) is 1. The highest BCUT2D eigenvalue weighted by Gasteiger charge is 2.25. The first-order valence-electron chi connectivity index (χ1n) is 6.39. The lowest BCUT2D eigenvalue weighted by Crippen LogP contribution is -2.40. The van der Waals surface area contributed by atoms with Gasteiger partial charge in [0.1, 0.15) is 5.82 Å². The van der Waals surface area contributed by atoms with Gasteiger partial charge in [-0.2, -0.15) is 0 Å². The number of nitrogens with one attached hydrogen (secondary N) is 1. The molecular formula is C15H20N4. The van der Waals surface area contributed by atoms with Crippen LogP contribution in [0.25, 0.3) is 0 Å². The van der Waals surface area contributed by atoms with Gasteiger partial charge in [-0.3, -0.25) is 4.98 Å². The Kier molecular flexibility index (Phi) is 3.81. The fraction of sp³-hybridized carbons (Fsp3) is 0.333. The van der Waals surface area contributed by atoms with Crippen LogP contribution in [-0.2, 0) is 5.54 Å². The molecule has 4 heteroatoms. The third kappa shape index (κ3) is 2.90. The highest BCUT2D eigenvalue weighted by atomic mass is 15.1. The van der Waals surface area contributed by atoms with Gasteiger partial charge in [-0.15, -0.1) is 0 Å². The van der Waals surface area contributed by atoms with E-state index in [0.29, 0.717) is 6.54 Å². The summed E-state index contributed by atoms with van der Waals surface area (Å²) in [6, 6.07) is 10.2. The van der Waals surface area contributed by atoms with Crippen LogP contribution in [-0.4, -0.2) is 16.5 Å². The van der Waals surface area contributed by atoms with Gasteiger partial charge in [0.05, 0.1) is 16.9 Å². The van der Waals surface area contributed by atoms with Crippen LogP contribution in [0.1, 0.15) is 23.9 Å². The summed E-state index contributed by atoms with van der Waals surface area (Å²) < 4.78 is 0. The van der Waals surface area contributed by atoms with Crippen LogP contribution in [0.15, 0.2) is 36.5 Å². The van der Waals surface area contributed by atoms with Gasteiger partial charge < -0.3 is 11.1 Å². The monoisotopic (exact) mass is 256 g/mol. The molecule has 1 heterocycles. The third-order valence-corrected chi connectivity index (χ3v) is 3.29. The smallest absolute Gasteiger partial charge is 0.148 e. The standard InChI is InChI=1S/C15H20N4/c1-11-9-17-12(2)14(18-11)19-15(3,10-16)13-7-5-4-6-8-13/h4-9H,10,16H2,1-3H3,(H,18,19). The van der Waals surface area contributed by atoms with Gasteiger partial charge in [-0.1, -0.05) is 30.3 Å². The van der Waals surface area contributed by atoms with E-state index in [2.05, 4.69) is 34.3 Å². The molecule has 0 saturated heterocycles. The lowest BCUT2D eigenvalue weighted by Gasteiger charge is -2.31. The highest BCUT2D eigenvalue weighted by molar-refractivity contribution is 5.45. The van der Waals surface area contributed by atoms with E-state index in [4.69, 9.17) is 5.73 Å². The van der Waals surface area contributed by atoms with E-state index in [1.54, 1.807) is 6.20 Å². The molecule has 1 aromatic carbocycles. The molecule has 1 atom stereocenters. The van der Waals surface area contributed by atoms with Gasteiger partial charge in [-0.25, -0.2) is 4.98 Å². The number of hydrogen-bond donors (Lipinski definition) is 2. The van der Waals surface area contributed by atoms with Gasteiger partial charge in [0.2, 0.25) is 0 Å². The zero-order valence-electron chi connectivity index (χ0n) is 11.6. The molecule has 0 radical (unpaired) electrons. The van der Waals surface area contributed by atoms with E-state index >= 15 is 0 Å². The van der Waals surface area contributed by atoms with Crippen LogP contribution < -0.4 is 11.1 Å². The average Bonchev–Trinajstić information content (AvgIpc) is 2.44. The van der Waals surface area contributed by atoms with Crippen LogP contribution in [0.4, 0.5) is 5.82 Å². The fourth-order valence-electron chi connectivity index (χ4n) is 1.96. The van der Waals surface area contributed by atoms with Crippen molar-refractivity contribution in [3.63, 3.8) is 0 Å². The summed E-state index contributed by atoms with van der Waals surface area (Å²) >= 11 is 0. The second-order valence-electron chi connectivity index (χ2n) is 4.97. The van der Waals surface area contributed by atoms with E-state index in [-0.39, 0.29) is 5.54 Å². The second kappa shape index (κ2) is 5.36. The molecule has 0 aliphatic carbocycles. The topological polar surface area (TPSA) is 63.8 Å². The minimum atomic E-state index is -0.353. The predicted octanol–water partition coefficient (Wildman–Crippen LogP) is 2.38. The Balaban J connectivity index is 2.36. The molecular weight excluding hydrogens is 236 g/mol. The second-order valence-corrected chi connectivity index (χ2v) is 4.97. The van der Waals surface area contributed by atoms with Crippen molar-refractivity contribution >= 4 is 5.82 Å². The summed E-state index contributed by atoms with van der Waals surface area (Å²) in [5.74, 6) is 0.789. The first kappa shape index (κ1) is 13.5. The summed E-state index contributed by atoms with van der Waals surface area (Å²) in [5, 5.41) is 3.43. The lowest BCUT2D eigenvalue weighted by molar-refractivity contribution is 0.552. The van der Waals surface area contributed by atoms with Crippen LogP contribution >= 0.6 is 0 Å². The Labute approximate surface area is 114 Å². The van der Waals surface area contributed by atoms with Crippen molar-refractivity contribution in [1.29, 1.82) is 0 Å². The highest BCUT2D eigenvalue weighted by Crippen LogP contribution is 2.25. The zero-order chi connectivity index (χ0) is 13.9. The zero-order valence-corrected chi connectivity index (χ0v) is 11.6. The predicted molar refractivity (Wildman–Crippen MR) is 78.0 cm³/mol. The maximum absolute atomic E-state index is 5.96. The molecule has 1 aromatic heterocycles. The third-order valence-electron chi connectivity index (χ3n) is 3.29. The Hall–Kier alpha value is -1.94. The van der Waals surface area contributed by atoms with E-state index in [1.165, 1.54) is 0 Å². The van der Waals surface area contributed by atoms with Gasteiger partial charge in [0.15, 0.2) is 0 Å². The number of hydrogen-bond acceptors (Lipinski definition) is 4. The summed E-state index contributed by atoms with van der Waals surface area (Å²) in [5.41, 5.74) is 8.52. The Bertz CT molecular complexity index is 553. The molecule has 1 unspecified atom stereocenters. The molecule has 0 bridgehead atoms. The summed E-state index contributed by atoms with van der Waals surface area (Å²) in [6.45, 7) is 6.43. The maximum Gasteiger partial charge on any atom is 0.148 e. The molecule has 0 saturated carbocycles. The van der Waals surface area contributed by atoms with Crippen LogP contribution in [0.5, 0.6) is 0 Å².